The first kappa shape index (κ1) is 15.6. The molecule has 0 aliphatic heterocycles. The zero-order valence-electron chi connectivity index (χ0n) is 12.9. The number of carbonyl (C=O) groups excluding carboxylic acids is 1. The van der Waals surface area contributed by atoms with Crippen molar-refractivity contribution in [3.63, 3.8) is 0 Å². The van der Waals surface area contributed by atoms with E-state index in [-0.39, 0.29) is 5.92 Å². The van der Waals surface area contributed by atoms with E-state index in [4.69, 9.17) is 0 Å². The van der Waals surface area contributed by atoms with E-state index in [9.17, 15) is 4.79 Å². The van der Waals surface area contributed by atoms with Crippen molar-refractivity contribution in [2.75, 3.05) is 5.75 Å². The SMILES string of the molecule is Cc1ccc(SCC(C)C)c(C(=O)C2CCCCC2)c1. The minimum absolute atomic E-state index is 0.268. The molecule has 0 heterocycles. The lowest BCUT2D eigenvalue weighted by Crippen LogP contribution is -2.18. The van der Waals surface area contributed by atoms with Crippen LogP contribution in [0.1, 0.15) is 61.9 Å². The fourth-order valence-electron chi connectivity index (χ4n) is 2.80. The van der Waals surface area contributed by atoms with Gasteiger partial charge in [-0.15, -0.1) is 11.8 Å². The molecule has 1 fully saturated rings. The number of carbonyl (C=O) groups is 1. The maximum atomic E-state index is 12.8. The van der Waals surface area contributed by atoms with Crippen molar-refractivity contribution >= 4 is 17.5 Å². The van der Waals surface area contributed by atoms with Gasteiger partial charge >= 0.3 is 0 Å². The summed E-state index contributed by atoms with van der Waals surface area (Å²) in [4.78, 5) is 14.0. The molecule has 1 saturated carbocycles. The summed E-state index contributed by atoms with van der Waals surface area (Å²) in [6, 6.07) is 6.36. The Bertz CT molecular complexity index is 458. The molecular formula is C18H26OS. The molecule has 1 aromatic rings. The molecule has 0 atom stereocenters. The number of benzene rings is 1. The number of Topliss-reactive ketones (excluding diaryl/α,β-unsaturated/α-hetero) is 1. The van der Waals surface area contributed by atoms with Crippen LogP contribution in [-0.4, -0.2) is 11.5 Å². The highest BCUT2D eigenvalue weighted by Gasteiger charge is 2.24. The van der Waals surface area contributed by atoms with E-state index in [0.29, 0.717) is 11.7 Å². The van der Waals surface area contributed by atoms with Gasteiger partial charge in [-0.3, -0.25) is 4.79 Å². The molecule has 1 aliphatic rings. The van der Waals surface area contributed by atoms with Crippen molar-refractivity contribution in [2.24, 2.45) is 11.8 Å². The summed E-state index contributed by atoms with van der Waals surface area (Å²) in [7, 11) is 0. The Morgan fingerprint density at radius 2 is 1.95 bits per heavy atom. The highest BCUT2D eigenvalue weighted by molar-refractivity contribution is 7.99. The Balaban J connectivity index is 2.19. The van der Waals surface area contributed by atoms with Gasteiger partial charge in [-0.05, 0) is 37.8 Å². The lowest BCUT2D eigenvalue weighted by Gasteiger charge is -2.21. The molecule has 0 unspecified atom stereocenters. The highest BCUT2D eigenvalue weighted by atomic mass is 32.2. The number of hydrogen-bond donors (Lipinski definition) is 0. The van der Waals surface area contributed by atoms with E-state index in [1.165, 1.54) is 29.7 Å². The number of aryl methyl sites for hydroxylation is 1. The molecule has 0 bridgehead atoms. The molecule has 1 nitrogen and oxygen atoms in total. The van der Waals surface area contributed by atoms with Gasteiger partial charge in [-0.2, -0.15) is 0 Å². The predicted octanol–water partition coefficient (Wildman–Crippen LogP) is 5.51. The van der Waals surface area contributed by atoms with Crippen LogP contribution in [0, 0.1) is 18.8 Å². The van der Waals surface area contributed by atoms with Crippen LogP contribution in [0.25, 0.3) is 0 Å². The zero-order chi connectivity index (χ0) is 14.5. The van der Waals surface area contributed by atoms with Crippen molar-refractivity contribution in [1.29, 1.82) is 0 Å². The van der Waals surface area contributed by atoms with Gasteiger partial charge in [0.05, 0.1) is 0 Å². The Kier molecular flexibility index (Phi) is 5.71. The van der Waals surface area contributed by atoms with Crippen LogP contribution in [0.5, 0.6) is 0 Å². The molecule has 20 heavy (non-hydrogen) atoms. The van der Waals surface area contributed by atoms with Gasteiger partial charge in [0.15, 0.2) is 5.78 Å². The molecule has 0 N–H and O–H groups in total. The second kappa shape index (κ2) is 7.31. The molecule has 2 rings (SSSR count). The summed E-state index contributed by atoms with van der Waals surface area (Å²) < 4.78 is 0. The Labute approximate surface area is 127 Å². The largest absolute Gasteiger partial charge is 0.294 e. The minimum atomic E-state index is 0.268. The molecule has 1 aromatic carbocycles. The van der Waals surface area contributed by atoms with E-state index in [1.54, 1.807) is 0 Å². The van der Waals surface area contributed by atoms with Gasteiger partial charge in [0.2, 0.25) is 0 Å². The van der Waals surface area contributed by atoms with Crippen molar-refractivity contribution < 1.29 is 4.79 Å². The smallest absolute Gasteiger partial charge is 0.167 e. The second-order valence-electron chi connectivity index (χ2n) is 6.40. The fourth-order valence-corrected chi connectivity index (χ4v) is 3.80. The predicted molar refractivity (Wildman–Crippen MR) is 87.6 cm³/mol. The zero-order valence-corrected chi connectivity index (χ0v) is 13.8. The topological polar surface area (TPSA) is 17.1 Å². The molecule has 0 radical (unpaired) electrons. The van der Waals surface area contributed by atoms with Gasteiger partial charge < -0.3 is 0 Å². The summed E-state index contributed by atoms with van der Waals surface area (Å²) in [5.41, 5.74) is 2.17. The first-order valence-electron chi connectivity index (χ1n) is 7.85. The standard InChI is InChI=1S/C18H26OS/c1-13(2)12-20-17-10-9-14(3)11-16(17)18(19)15-7-5-4-6-8-15/h9-11,13,15H,4-8,12H2,1-3H3. The van der Waals surface area contributed by atoms with E-state index >= 15 is 0 Å². The minimum Gasteiger partial charge on any atom is -0.294 e. The molecule has 0 saturated heterocycles. The van der Waals surface area contributed by atoms with Crippen molar-refractivity contribution in [3.05, 3.63) is 29.3 Å². The van der Waals surface area contributed by atoms with Crippen LogP contribution in [0.15, 0.2) is 23.1 Å². The Hall–Kier alpha value is -0.760. The Morgan fingerprint density at radius 1 is 1.25 bits per heavy atom. The van der Waals surface area contributed by atoms with Gasteiger partial charge in [0.25, 0.3) is 0 Å². The first-order chi connectivity index (χ1) is 9.58. The van der Waals surface area contributed by atoms with Crippen molar-refractivity contribution in [3.8, 4) is 0 Å². The summed E-state index contributed by atoms with van der Waals surface area (Å²) >= 11 is 1.84. The lowest BCUT2D eigenvalue weighted by atomic mass is 9.83. The number of ketones is 1. The summed E-state index contributed by atoms with van der Waals surface area (Å²) in [6.45, 7) is 6.53. The molecule has 0 spiro atoms. The van der Waals surface area contributed by atoms with E-state index in [1.807, 2.05) is 11.8 Å². The third kappa shape index (κ3) is 4.12. The molecule has 0 aromatic heterocycles. The van der Waals surface area contributed by atoms with E-state index < -0.39 is 0 Å². The van der Waals surface area contributed by atoms with Crippen LogP contribution in [0.4, 0.5) is 0 Å². The van der Waals surface area contributed by atoms with Crippen LogP contribution < -0.4 is 0 Å². The van der Waals surface area contributed by atoms with Gasteiger partial charge in [0, 0.05) is 22.1 Å². The van der Waals surface area contributed by atoms with Gasteiger partial charge in [-0.25, -0.2) is 0 Å². The maximum Gasteiger partial charge on any atom is 0.167 e. The Morgan fingerprint density at radius 3 is 2.60 bits per heavy atom. The van der Waals surface area contributed by atoms with Crippen LogP contribution in [0.2, 0.25) is 0 Å². The molecule has 2 heteroatoms. The third-order valence-corrected chi connectivity index (χ3v) is 5.45. The quantitative estimate of drug-likeness (QED) is 0.525. The average molecular weight is 290 g/mol. The van der Waals surface area contributed by atoms with Crippen molar-refractivity contribution in [1.82, 2.24) is 0 Å². The van der Waals surface area contributed by atoms with Crippen LogP contribution in [-0.2, 0) is 0 Å². The maximum absolute atomic E-state index is 12.8. The third-order valence-electron chi connectivity index (χ3n) is 3.95. The molecular weight excluding hydrogens is 264 g/mol. The fraction of sp³-hybridized carbons (Fsp3) is 0.611. The first-order valence-corrected chi connectivity index (χ1v) is 8.84. The molecule has 0 amide bonds. The van der Waals surface area contributed by atoms with Crippen LogP contribution in [0.3, 0.4) is 0 Å². The summed E-state index contributed by atoms with van der Waals surface area (Å²) in [6.07, 6.45) is 5.90. The lowest BCUT2D eigenvalue weighted by molar-refractivity contribution is 0.0886. The average Bonchev–Trinajstić information content (AvgIpc) is 2.46. The van der Waals surface area contributed by atoms with E-state index in [2.05, 4.69) is 39.0 Å². The normalized spacial score (nSPS) is 16.6. The van der Waals surface area contributed by atoms with Gasteiger partial charge in [-0.1, -0.05) is 44.7 Å². The number of rotatable bonds is 5. The number of hydrogen-bond acceptors (Lipinski definition) is 2. The van der Waals surface area contributed by atoms with Gasteiger partial charge in [0.1, 0.15) is 0 Å². The molecule has 110 valence electrons. The number of thioether (sulfide) groups is 1. The highest BCUT2D eigenvalue weighted by Crippen LogP contribution is 2.32. The summed E-state index contributed by atoms with van der Waals surface area (Å²) in [5.74, 6) is 2.39. The molecule has 1 aliphatic carbocycles. The van der Waals surface area contributed by atoms with Crippen molar-refractivity contribution in [2.45, 2.75) is 57.8 Å². The monoisotopic (exact) mass is 290 g/mol. The second-order valence-corrected chi connectivity index (χ2v) is 7.47. The van der Waals surface area contributed by atoms with E-state index in [0.717, 1.165) is 24.2 Å². The van der Waals surface area contributed by atoms with Crippen LogP contribution >= 0.6 is 11.8 Å². The summed E-state index contributed by atoms with van der Waals surface area (Å²) in [5, 5.41) is 0.